The van der Waals surface area contributed by atoms with Gasteiger partial charge in [0.25, 0.3) is 0 Å². The van der Waals surface area contributed by atoms with Crippen LogP contribution in [-0.2, 0) is 0 Å². The molecular weight excluding hydrogens is 138 g/mol. The van der Waals surface area contributed by atoms with Gasteiger partial charge in [0.15, 0.2) is 0 Å². The molecule has 1 aromatic rings. The van der Waals surface area contributed by atoms with Crippen molar-refractivity contribution in [1.82, 2.24) is 0 Å². The van der Waals surface area contributed by atoms with Crippen molar-refractivity contribution in [2.24, 2.45) is 10.2 Å². The molecule has 11 heavy (non-hydrogen) atoms. The van der Waals surface area contributed by atoms with E-state index in [9.17, 15) is 0 Å². The quantitative estimate of drug-likeness (QED) is 0.559. The van der Waals surface area contributed by atoms with Gasteiger partial charge in [-0.1, -0.05) is 12.1 Å². The third kappa shape index (κ3) is 1.62. The van der Waals surface area contributed by atoms with Crippen molar-refractivity contribution in [2.75, 3.05) is 7.05 Å². The molecule has 0 aliphatic heterocycles. The molecule has 1 rings (SSSR count). The number of rotatable bonds is 1. The van der Waals surface area contributed by atoms with Crippen molar-refractivity contribution in [3.63, 3.8) is 0 Å². The molecule has 0 amide bonds. The molecule has 0 saturated heterocycles. The van der Waals surface area contributed by atoms with Gasteiger partial charge in [-0.05, 0) is 12.1 Å². The molecule has 0 unspecified atom stereocenters. The molecule has 0 aliphatic carbocycles. The first kappa shape index (κ1) is 7.42. The summed E-state index contributed by atoms with van der Waals surface area (Å²) in [6.45, 7) is 0. The maximum absolute atomic E-state index is 8.59. The maximum atomic E-state index is 8.59. The summed E-state index contributed by atoms with van der Waals surface area (Å²) in [6.07, 6.45) is 0. The predicted molar refractivity (Wildman–Crippen MR) is 41.6 cm³/mol. The van der Waals surface area contributed by atoms with E-state index in [2.05, 4.69) is 10.2 Å². The number of benzene rings is 1. The summed E-state index contributed by atoms with van der Waals surface area (Å²) in [5.41, 5.74) is 1.18. The first-order chi connectivity index (χ1) is 5.38. The molecule has 1 aromatic carbocycles. The zero-order valence-electron chi connectivity index (χ0n) is 6.15. The second-order valence-corrected chi connectivity index (χ2v) is 1.93. The first-order valence-corrected chi connectivity index (χ1v) is 3.17. The summed E-state index contributed by atoms with van der Waals surface area (Å²) in [7, 11) is 1.58. The Kier molecular flexibility index (Phi) is 2.34. The Balaban J connectivity index is 3.15. The summed E-state index contributed by atoms with van der Waals surface area (Å²) >= 11 is 0. The van der Waals surface area contributed by atoms with E-state index in [4.69, 9.17) is 5.26 Å². The second kappa shape index (κ2) is 3.47. The fraction of sp³-hybridized carbons (Fsp3) is 0.125. The summed E-state index contributed by atoms with van der Waals surface area (Å²) in [5.74, 6) is 0. The van der Waals surface area contributed by atoms with Gasteiger partial charge >= 0.3 is 0 Å². The predicted octanol–water partition coefficient (Wildman–Crippen LogP) is 2.27. The molecule has 0 fully saturated rings. The van der Waals surface area contributed by atoms with Crippen LogP contribution in [0.25, 0.3) is 0 Å². The minimum Gasteiger partial charge on any atom is -0.192 e. The van der Waals surface area contributed by atoms with Gasteiger partial charge in [-0.15, -0.1) is 0 Å². The highest BCUT2D eigenvalue weighted by Crippen LogP contribution is 2.16. The molecule has 0 saturated carbocycles. The normalized spacial score (nSPS) is 9.82. The van der Waals surface area contributed by atoms with Crippen molar-refractivity contribution in [2.45, 2.75) is 0 Å². The summed E-state index contributed by atoms with van der Waals surface area (Å²) in [6, 6.07) is 9.12. The van der Waals surface area contributed by atoms with Crippen LogP contribution in [0.15, 0.2) is 34.5 Å². The van der Waals surface area contributed by atoms with Gasteiger partial charge in [0.2, 0.25) is 0 Å². The van der Waals surface area contributed by atoms with E-state index in [0.29, 0.717) is 11.3 Å². The Hall–Kier alpha value is -1.69. The lowest BCUT2D eigenvalue weighted by atomic mass is 10.2. The van der Waals surface area contributed by atoms with Crippen LogP contribution in [0.1, 0.15) is 5.56 Å². The Bertz CT molecular complexity index is 309. The zero-order valence-corrected chi connectivity index (χ0v) is 6.15. The molecule has 3 nitrogen and oxygen atoms in total. The molecule has 54 valence electrons. The van der Waals surface area contributed by atoms with E-state index in [1.165, 1.54) is 0 Å². The van der Waals surface area contributed by atoms with Gasteiger partial charge < -0.3 is 0 Å². The minimum atomic E-state index is 0.554. The third-order valence-corrected chi connectivity index (χ3v) is 1.23. The Labute approximate surface area is 65.0 Å². The van der Waals surface area contributed by atoms with E-state index >= 15 is 0 Å². The number of nitriles is 1. The number of hydrogen-bond donors (Lipinski definition) is 0. The van der Waals surface area contributed by atoms with E-state index in [0.717, 1.165) is 0 Å². The molecule has 3 heteroatoms. The van der Waals surface area contributed by atoms with Gasteiger partial charge in [0.05, 0.1) is 5.56 Å². The molecule has 0 aliphatic rings. The van der Waals surface area contributed by atoms with Crippen LogP contribution in [0.2, 0.25) is 0 Å². The highest BCUT2D eigenvalue weighted by Gasteiger charge is 1.95. The van der Waals surface area contributed by atoms with E-state index in [1.54, 1.807) is 25.2 Å². The molecule has 0 aromatic heterocycles. The number of azo groups is 1. The van der Waals surface area contributed by atoms with Gasteiger partial charge in [-0.2, -0.15) is 15.5 Å². The first-order valence-electron chi connectivity index (χ1n) is 3.17. The summed E-state index contributed by atoms with van der Waals surface area (Å²) in [5, 5.41) is 16.0. The monoisotopic (exact) mass is 145 g/mol. The van der Waals surface area contributed by atoms with Crippen LogP contribution in [0.5, 0.6) is 0 Å². The van der Waals surface area contributed by atoms with Crippen molar-refractivity contribution < 1.29 is 0 Å². The van der Waals surface area contributed by atoms with Crippen LogP contribution in [0, 0.1) is 11.3 Å². The standard InChI is InChI=1S/C8H7N3/c1-10-11-8-5-3-2-4-7(8)6-9/h2-5H,1H3. The maximum Gasteiger partial charge on any atom is 0.103 e. The van der Waals surface area contributed by atoms with Gasteiger partial charge in [-0.25, -0.2) is 0 Å². The Morgan fingerprint density at radius 2 is 2.09 bits per heavy atom. The van der Waals surface area contributed by atoms with Gasteiger partial charge in [-0.3, -0.25) is 0 Å². The topological polar surface area (TPSA) is 48.5 Å². The SMILES string of the molecule is CN=Nc1ccccc1C#N. The van der Waals surface area contributed by atoms with Crippen molar-refractivity contribution >= 4 is 5.69 Å². The van der Waals surface area contributed by atoms with Crippen LogP contribution < -0.4 is 0 Å². The lowest BCUT2D eigenvalue weighted by Crippen LogP contribution is -1.72. The minimum absolute atomic E-state index is 0.554. The Morgan fingerprint density at radius 1 is 1.36 bits per heavy atom. The fourth-order valence-corrected chi connectivity index (χ4v) is 0.763. The number of hydrogen-bond acceptors (Lipinski definition) is 3. The molecule has 0 spiro atoms. The third-order valence-electron chi connectivity index (χ3n) is 1.23. The smallest absolute Gasteiger partial charge is 0.103 e. The van der Waals surface area contributed by atoms with Crippen LogP contribution >= 0.6 is 0 Å². The van der Waals surface area contributed by atoms with Crippen molar-refractivity contribution in [3.05, 3.63) is 29.8 Å². The van der Waals surface area contributed by atoms with Crippen LogP contribution in [0.3, 0.4) is 0 Å². The molecule has 0 N–H and O–H groups in total. The zero-order chi connectivity index (χ0) is 8.10. The van der Waals surface area contributed by atoms with Gasteiger partial charge in [0.1, 0.15) is 11.8 Å². The molecular formula is C8H7N3. The van der Waals surface area contributed by atoms with E-state index in [1.807, 2.05) is 12.1 Å². The lowest BCUT2D eigenvalue weighted by Gasteiger charge is -1.91. The largest absolute Gasteiger partial charge is 0.192 e. The van der Waals surface area contributed by atoms with Gasteiger partial charge in [0, 0.05) is 7.05 Å². The highest BCUT2D eigenvalue weighted by atomic mass is 15.1. The Morgan fingerprint density at radius 3 is 2.73 bits per heavy atom. The van der Waals surface area contributed by atoms with Crippen molar-refractivity contribution in [1.29, 1.82) is 5.26 Å². The van der Waals surface area contributed by atoms with E-state index < -0.39 is 0 Å². The van der Waals surface area contributed by atoms with Crippen LogP contribution in [0.4, 0.5) is 5.69 Å². The lowest BCUT2D eigenvalue weighted by molar-refractivity contribution is 1.16. The van der Waals surface area contributed by atoms with Crippen molar-refractivity contribution in [3.8, 4) is 6.07 Å². The summed E-state index contributed by atoms with van der Waals surface area (Å²) in [4.78, 5) is 0. The number of nitrogens with zero attached hydrogens (tertiary/aromatic N) is 3. The molecule has 0 heterocycles. The summed E-state index contributed by atoms with van der Waals surface area (Å²) < 4.78 is 0. The molecule has 0 radical (unpaired) electrons. The molecule has 0 atom stereocenters. The average molecular weight is 145 g/mol. The average Bonchev–Trinajstić information content (AvgIpc) is 2.06. The fourth-order valence-electron chi connectivity index (χ4n) is 0.763. The second-order valence-electron chi connectivity index (χ2n) is 1.93. The van der Waals surface area contributed by atoms with Crippen LogP contribution in [-0.4, -0.2) is 7.05 Å². The molecule has 0 bridgehead atoms. The van der Waals surface area contributed by atoms with E-state index in [-0.39, 0.29) is 0 Å². The highest BCUT2D eigenvalue weighted by molar-refractivity contribution is 5.52.